The van der Waals surface area contributed by atoms with Crippen molar-refractivity contribution in [3.8, 4) is 0 Å². The molecule has 0 spiro atoms. The molecular weight excluding hydrogens is 308 g/mol. The molecule has 1 fully saturated rings. The van der Waals surface area contributed by atoms with Gasteiger partial charge in [0.15, 0.2) is 6.10 Å². The number of rotatable bonds is 4. The van der Waals surface area contributed by atoms with Gasteiger partial charge >= 0.3 is 5.97 Å². The number of hydrogen-bond acceptors (Lipinski definition) is 7. The van der Waals surface area contributed by atoms with Crippen LogP contribution in [0.2, 0.25) is 0 Å². The standard InChI is InChI=1S/C17H22N4O3/c1-12(16-20-19-13(2)24-16)23-17(22)14-7-8-15(18-11-14)21-9-5-3-4-6-10-21/h7-8,11-12H,3-6,9-10H2,1-2H3. The fourth-order valence-electron chi connectivity index (χ4n) is 2.75. The monoisotopic (exact) mass is 330 g/mol. The maximum atomic E-state index is 12.2. The van der Waals surface area contributed by atoms with Gasteiger partial charge in [-0.2, -0.15) is 0 Å². The highest BCUT2D eigenvalue weighted by Crippen LogP contribution is 2.20. The third-order valence-electron chi connectivity index (χ3n) is 4.09. The van der Waals surface area contributed by atoms with E-state index in [9.17, 15) is 4.79 Å². The van der Waals surface area contributed by atoms with E-state index in [1.807, 2.05) is 6.07 Å². The number of hydrogen-bond donors (Lipinski definition) is 0. The lowest BCUT2D eigenvalue weighted by Crippen LogP contribution is -2.24. The van der Waals surface area contributed by atoms with Gasteiger partial charge in [-0.05, 0) is 31.9 Å². The lowest BCUT2D eigenvalue weighted by Gasteiger charge is -2.21. The van der Waals surface area contributed by atoms with Crippen LogP contribution >= 0.6 is 0 Å². The first-order valence-electron chi connectivity index (χ1n) is 8.35. The van der Waals surface area contributed by atoms with Crippen LogP contribution in [-0.4, -0.2) is 34.2 Å². The number of pyridine rings is 1. The third kappa shape index (κ3) is 3.90. The smallest absolute Gasteiger partial charge is 0.340 e. The minimum absolute atomic E-state index is 0.287. The van der Waals surface area contributed by atoms with Crippen LogP contribution in [0, 0.1) is 6.92 Å². The maximum Gasteiger partial charge on any atom is 0.340 e. The molecule has 0 aliphatic carbocycles. The number of nitrogens with zero attached hydrogens (tertiary/aromatic N) is 4. The maximum absolute atomic E-state index is 12.2. The number of esters is 1. The molecular formula is C17H22N4O3. The highest BCUT2D eigenvalue weighted by Gasteiger charge is 2.19. The summed E-state index contributed by atoms with van der Waals surface area (Å²) in [4.78, 5) is 18.9. The van der Waals surface area contributed by atoms with Gasteiger partial charge in [0, 0.05) is 26.2 Å². The van der Waals surface area contributed by atoms with Crippen LogP contribution in [0.3, 0.4) is 0 Å². The van der Waals surface area contributed by atoms with E-state index >= 15 is 0 Å². The summed E-state index contributed by atoms with van der Waals surface area (Å²) in [7, 11) is 0. The van der Waals surface area contributed by atoms with Crippen LogP contribution in [0.25, 0.3) is 0 Å². The molecule has 128 valence electrons. The Balaban J connectivity index is 1.63. The van der Waals surface area contributed by atoms with E-state index in [0.29, 0.717) is 11.5 Å². The summed E-state index contributed by atoms with van der Waals surface area (Å²) in [5.74, 6) is 1.19. The fourth-order valence-corrected chi connectivity index (χ4v) is 2.75. The molecule has 7 heteroatoms. The normalized spacial score (nSPS) is 16.5. The first-order chi connectivity index (χ1) is 11.6. The molecule has 1 saturated heterocycles. The number of aryl methyl sites for hydroxylation is 1. The van der Waals surface area contributed by atoms with E-state index in [4.69, 9.17) is 9.15 Å². The molecule has 1 aliphatic heterocycles. The van der Waals surface area contributed by atoms with Gasteiger partial charge in [-0.25, -0.2) is 9.78 Å². The first kappa shape index (κ1) is 16.4. The van der Waals surface area contributed by atoms with E-state index in [1.165, 1.54) is 25.7 Å². The molecule has 3 heterocycles. The quantitative estimate of drug-likeness (QED) is 0.797. The summed E-state index contributed by atoms with van der Waals surface area (Å²) in [5.41, 5.74) is 0.414. The van der Waals surface area contributed by atoms with Crippen molar-refractivity contribution in [3.05, 3.63) is 35.7 Å². The zero-order valence-electron chi connectivity index (χ0n) is 14.1. The molecule has 0 saturated carbocycles. The highest BCUT2D eigenvalue weighted by molar-refractivity contribution is 5.89. The average molecular weight is 330 g/mol. The predicted molar refractivity (Wildman–Crippen MR) is 87.8 cm³/mol. The van der Waals surface area contributed by atoms with Crippen LogP contribution in [0.4, 0.5) is 5.82 Å². The molecule has 2 aromatic heterocycles. The van der Waals surface area contributed by atoms with Gasteiger partial charge in [0.2, 0.25) is 5.89 Å². The fraction of sp³-hybridized carbons (Fsp3) is 0.529. The third-order valence-corrected chi connectivity index (χ3v) is 4.09. The Morgan fingerprint density at radius 1 is 1.21 bits per heavy atom. The number of aromatic nitrogens is 3. The van der Waals surface area contributed by atoms with Crippen LogP contribution in [0.5, 0.6) is 0 Å². The number of carbonyl (C=O) groups is 1. The minimum atomic E-state index is -0.594. The van der Waals surface area contributed by atoms with Crippen molar-refractivity contribution in [2.45, 2.75) is 45.6 Å². The summed E-state index contributed by atoms with van der Waals surface area (Å²) < 4.78 is 10.6. The number of anilines is 1. The molecule has 1 unspecified atom stereocenters. The molecule has 1 atom stereocenters. The van der Waals surface area contributed by atoms with E-state index in [-0.39, 0.29) is 5.89 Å². The van der Waals surface area contributed by atoms with Crippen molar-refractivity contribution in [2.24, 2.45) is 0 Å². The molecule has 0 bridgehead atoms. The Morgan fingerprint density at radius 3 is 2.54 bits per heavy atom. The topological polar surface area (TPSA) is 81.4 Å². The van der Waals surface area contributed by atoms with E-state index < -0.39 is 12.1 Å². The van der Waals surface area contributed by atoms with Gasteiger partial charge in [0.05, 0.1) is 5.56 Å². The molecule has 3 rings (SSSR count). The van der Waals surface area contributed by atoms with Crippen molar-refractivity contribution in [1.82, 2.24) is 15.2 Å². The van der Waals surface area contributed by atoms with Gasteiger partial charge < -0.3 is 14.1 Å². The minimum Gasteiger partial charge on any atom is -0.449 e. The molecule has 2 aromatic rings. The average Bonchev–Trinajstić information content (AvgIpc) is 2.85. The van der Waals surface area contributed by atoms with Crippen molar-refractivity contribution < 1.29 is 13.9 Å². The SMILES string of the molecule is Cc1nnc(C(C)OC(=O)c2ccc(N3CCCCCC3)nc2)o1. The van der Waals surface area contributed by atoms with E-state index in [2.05, 4.69) is 20.1 Å². The van der Waals surface area contributed by atoms with Crippen molar-refractivity contribution in [2.75, 3.05) is 18.0 Å². The lowest BCUT2D eigenvalue weighted by atomic mass is 10.2. The van der Waals surface area contributed by atoms with Crippen LogP contribution in [-0.2, 0) is 4.74 Å². The summed E-state index contributed by atoms with van der Waals surface area (Å²) in [6, 6.07) is 3.63. The Bertz CT molecular complexity index is 675. The van der Waals surface area contributed by atoms with Gasteiger partial charge in [-0.3, -0.25) is 0 Å². The van der Waals surface area contributed by atoms with Gasteiger partial charge in [-0.15, -0.1) is 10.2 Å². The summed E-state index contributed by atoms with van der Waals surface area (Å²) in [5, 5.41) is 7.59. The summed E-state index contributed by atoms with van der Waals surface area (Å²) in [6.07, 6.45) is 5.89. The second kappa shape index (κ2) is 7.42. The van der Waals surface area contributed by atoms with Crippen LogP contribution < -0.4 is 4.90 Å². The van der Waals surface area contributed by atoms with E-state index in [0.717, 1.165) is 18.9 Å². The molecule has 1 aliphatic rings. The van der Waals surface area contributed by atoms with Crippen LogP contribution in [0.15, 0.2) is 22.7 Å². The second-order valence-corrected chi connectivity index (χ2v) is 6.01. The van der Waals surface area contributed by atoms with Gasteiger partial charge in [0.25, 0.3) is 5.89 Å². The Kier molecular flexibility index (Phi) is 5.08. The van der Waals surface area contributed by atoms with Crippen molar-refractivity contribution in [3.63, 3.8) is 0 Å². The lowest BCUT2D eigenvalue weighted by molar-refractivity contribution is 0.0276. The van der Waals surface area contributed by atoms with Crippen molar-refractivity contribution >= 4 is 11.8 Å². The predicted octanol–water partition coefficient (Wildman–Crippen LogP) is 3.07. The summed E-state index contributed by atoms with van der Waals surface area (Å²) in [6.45, 7) is 5.43. The van der Waals surface area contributed by atoms with Gasteiger partial charge in [-0.1, -0.05) is 12.8 Å². The van der Waals surface area contributed by atoms with Gasteiger partial charge in [0.1, 0.15) is 5.82 Å². The molecule has 0 radical (unpaired) electrons. The number of carbonyl (C=O) groups excluding carboxylic acids is 1. The van der Waals surface area contributed by atoms with Crippen LogP contribution in [0.1, 0.15) is 60.9 Å². The Morgan fingerprint density at radius 2 is 1.96 bits per heavy atom. The molecule has 0 amide bonds. The zero-order valence-corrected chi connectivity index (χ0v) is 14.1. The Labute approximate surface area is 141 Å². The molecule has 0 aromatic carbocycles. The largest absolute Gasteiger partial charge is 0.449 e. The molecule has 0 N–H and O–H groups in total. The molecule has 24 heavy (non-hydrogen) atoms. The second-order valence-electron chi connectivity index (χ2n) is 6.01. The first-order valence-corrected chi connectivity index (χ1v) is 8.35. The Hall–Kier alpha value is -2.44. The molecule has 7 nitrogen and oxygen atoms in total. The zero-order chi connectivity index (χ0) is 16.9. The van der Waals surface area contributed by atoms with Crippen molar-refractivity contribution in [1.29, 1.82) is 0 Å². The van der Waals surface area contributed by atoms with E-state index in [1.54, 1.807) is 26.1 Å². The number of ether oxygens (including phenoxy) is 1. The highest BCUT2D eigenvalue weighted by atomic mass is 16.6. The summed E-state index contributed by atoms with van der Waals surface area (Å²) >= 11 is 0.